The Morgan fingerprint density at radius 3 is 2.20 bits per heavy atom. The van der Waals surface area contributed by atoms with Gasteiger partial charge in [-0.05, 0) is 31.0 Å². The number of carbonyl (C=O) groups is 3. The normalized spacial score (nSPS) is 11.6. The first-order chi connectivity index (χ1) is 11.8. The van der Waals surface area contributed by atoms with Crippen LogP contribution in [-0.2, 0) is 16.0 Å². The van der Waals surface area contributed by atoms with Crippen molar-refractivity contribution >= 4 is 23.5 Å². The summed E-state index contributed by atoms with van der Waals surface area (Å²) < 4.78 is 0. The highest BCUT2D eigenvalue weighted by Gasteiger charge is 2.31. The standard InChI is InChI=1S/C19H19NO5/c1-12-7-6-10-15(19(24)25)17(12)20(13(2)18(22)23)16(21)11-14-8-4-3-5-9-14/h3-10,13H,11H2,1-2H3,(H,22,23)(H,24,25). The topological polar surface area (TPSA) is 94.9 Å². The van der Waals surface area contributed by atoms with Crippen molar-refractivity contribution in [2.24, 2.45) is 0 Å². The lowest BCUT2D eigenvalue weighted by Crippen LogP contribution is -2.45. The van der Waals surface area contributed by atoms with Crippen molar-refractivity contribution in [1.29, 1.82) is 0 Å². The zero-order valence-electron chi connectivity index (χ0n) is 14.0. The second-order valence-electron chi connectivity index (χ2n) is 5.72. The van der Waals surface area contributed by atoms with E-state index >= 15 is 0 Å². The Hall–Kier alpha value is -3.15. The predicted molar refractivity (Wildman–Crippen MR) is 92.9 cm³/mol. The number of carbonyl (C=O) groups excluding carboxylic acids is 1. The molecule has 0 aromatic heterocycles. The number of hydrogen-bond acceptors (Lipinski definition) is 3. The quantitative estimate of drug-likeness (QED) is 0.842. The molecular weight excluding hydrogens is 322 g/mol. The van der Waals surface area contributed by atoms with E-state index in [4.69, 9.17) is 0 Å². The van der Waals surface area contributed by atoms with Crippen LogP contribution in [-0.4, -0.2) is 34.1 Å². The fourth-order valence-corrected chi connectivity index (χ4v) is 2.65. The largest absolute Gasteiger partial charge is 0.480 e. The van der Waals surface area contributed by atoms with Gasteiger partial charge in [-0.3, -0.25) is 9.69 Å². The number of amides is 1. The molecule has 1 amide bonds. The van der Waals surface area contributed by atoms with Gasteiger partial charge in [0.05, 0.1) is 17.7 Å². The van der Waals surface area contributed by atoms with E-state index in [-0.39, 0.29) is 17.7 Å². The van der Waals surface area contributed by atoms with E-state index in [2.05, 4.69) is 0 Å². The summed E-state index contributed by atoms with van der Waals surface area (Å²) in [4.78, 5) is 37.0. The molecular formula is C19H19NO5. The molecule has 2 rings (SSSR count). The van der Waals surface area contributed by atoms with E-state index in [0.29, 0.717) is 5.56 Å². The van der Waals surface area contributed by atoms with E-state index in [9.17, 15) is 24.6 Å². The highest BCUT2D eigenvalue weighted by atomic mass is 16.4. The molecule has 130 valence electrons. The average Bonchev–Trinajstić information content (AvgIpc) is 2.57. The van der Waals surface area contributed by atoms with Crippen LogP contribution in [0.25, 0.3) is 0 Å². The van der Waals surface area contributed by atoms with Crippen molar-refractivity contribution < 1.29 is 24.6 Å². The molecule has 0 aliphatic carbocycles. The Morgan fingerprint density at radius 2 is 1.64 bits per heavy atom. The van der Waals surface area contributed by atoms with Crippen molar-refractivity contribution in [1.82, 2.24) is 0 Å². The Kier molecular flexibility index (Phi) is 5.54. The molecule has 0 radical (unpaired) electrons. The van der Waals surface area contributed by atoms with Gasteiger partial charge in [0, 0.05) is 0 Å². The Morgan fingerprint density at radius 1 is 1.00 bits per heavy atom. The number of aromatic carboxylic acids is 1. The van der Waals surface area contributed by atoms with E-state index in [1.807, 2.05) is 6.07 Å². The fourth-order valence-electron chi connectivity index (χ4n) is 2.65. The zero-order chi connectivity index (χ0) is 18.6. The molecule has 2 aromatic carbocycles. The maximum atomic E-state index is 12.9. The van der Waals surface area contributed by atoms with Crippen LogP contribution in [0.5, 0.6) is 0 Å². The van der Waals surface area contributed by atoms with E-state index < -0.39 is 23.9 Å². The minimum Gasteiger partial charge on any atom is -0.480 e. The summed E-state index contributed by atoms with van der Waals surface area (Å²) in [6.45, 7) is 3.02. The SMILES string of the molecule is Cc1cccc(C(=O)O)c1N(C(=O)Cc1ccccc1)C(C)C(=O)O. The third kappa shape index (κ3) is 4.03. The van der Waals surface area contributed by atoms with Gasteiger partial charge in [0.2, 0.25) is 5.91 Å². The maximum absolute atomic E-state index is 12.9. The van der Waals surface area contributed by atoms with E-state index in [0.717, 1.165) is 10.5 Å². The number of rotatable bonds is 6. The van der Waals surface area contributed by atoms with Gasteiger partial charge in [0.25, 0.3) is 0 Å². The summed E-state index contributed by atoms with van der Waals surface area (Å²) in [7, 11) is 0. The average molecular weight is 341 g/mol. The van der Waals surface area contributed by atoms with Crippen LogP contribution in [0.1, 0.15) is 28.4 Å². The van der Waals surface area contributed by atoms with Crippen LogP contribution < -0.4 is 4.90 Å². The lowest BCUT2D eigenvalue weighted by atomic mass is 10.0. The third-order valence-corrected chi connectivity index (χ3v) is 3.92. The summed E-state index contributed by atoms with van der Waals surface area (Å²) in [5, 5.41) is 18.9. The number of carboxylic acid groups (broad SMARTS) is 2. The number of nitrogens with zero attached hydrogens (tertiary/aromatic N) is 1. The van der Waals surface area contributed by atoms with Crippen LogP contribution in [0.2, 0.25) is 0 Å². The van der Waals surface area contributed by atoms with E-state index in [1.54, 1.807) is 43.3 Å². The Labute approximate surface area is 145 Å². The van der Waals surface area contributed by atoms with Crippen LogP contribution >= 0.6 is 0 Å². The number of aryl methyl sites for hydroxylation is 1. The van der Waals surface area contributed by atoms with Crippen molar-refractivity contribution in [3.05, 3.63) is 65.2 Å². The maximum Gasteiger partial charge on any atom is 0.337 e. The number of benzene rings is 2. The van der Waals surface area contributed by atoms with E-state index in [1.165, 1.54) is 13.0 Å². The molecule has 0 aliphatic rings. The number of carboxylic acids is 2. The van der Waals surface area contributed by atoms with Gasteiger partial charge in [0.1, 0.15) is 6.04 Å². The lowest BCUT2D eigenvalue weighted by Gasteiger charge is -2.29. The predicted octanol–water partition coefficient (Wildman–Crippen LogP) is 2.74. The van der Waals surface area contributed by atoms with Crippen LogP contribution in [0.4, 0.5) is 5.69 Å². The van der Waals surface area contributed by atoms with Gasteiger partial charge in [-0.2, -0.15) is 0 Å². The molecule has 0 bridgehead atoms. The summed E-state index contributed by atoms with van der Waals surface area (Å²) in [5.74, 6) is -2.90. The fraction of sp³-hybridized carbons (Fsp3) is 0.211. The van der Waals surface area contributed by atoms with Crippen LogP contribution in [0.15, 0.2) is 48.5 Å². The summed E-state index contributed by atoms with van der Waals surface area (Å²) in [6.07, 6.45) is -0.0220. The molecule has 0 fully saturated rings. The van der Waals surface area contributed by atoms with Gasteiger partial charge in [0.15, 0.2) is 0 Å². The molecule has 0 aliphatic heterocycles. The summed E-state index contributed by atoms with van der Waals surface area (Å²) >= 11 is 0. The van der Waals surface area contributed by atoms with Gasteiger partial charge in [-0.25, -0.2) is 9.59 Å². The molecule has 25 heavy (non-hydrogen) atoms. The molecule has 6 nitrogen and oxygen atoms in total. The minimum atomic E-state index is -1.21. The first-order valence-corrected chi connectivity index (χ1v) is 7.74. The van der Waals surface area contributed by atoms with Gasteiger partial charge in [-0.15, -0.1) is 0 Å². The van der Waals surface area contributed by atoms with Crippen LogP contribution in [0.3, 0.4) is 0 Å². The Bertz CT molecular complexity index is 801. The number of hydrogen-bond donors (Lipinski definition) is 2. The monoisotopic (exact) mass is 341 g/mol. The first-order valence-electron chi connectivity index (χ1n) is 7.74. The number of anilines is 1. The highest BCUT2D eigenvalue weighted by molar-refractivity contribution is 6.06. The lowest BCUT2D eigenvalue weighted by molar-refractivity contribution is -0.139. The highest BCUT2D eigenvalue weighted by Crippen LogP contribution is 2.28. The van der Waals surface area contributed by atoms with Crippen LogP contribution in [0, 0.1) is 6.92 Å². The molecule has 6 heteroatoms. The molecule has 1 unspecified atom stereocenters. The molecule has 2 N–H and O–H groups in total. The number of aliphatic carboxylic acids is 1. The summed E-state index contributed by atoms with van der Waals surface area (Å²) in [6, 6.07) is 12.3. The minimum absolute atomic E-state index is 0.0220. The Balaban J connectivity index is 2.53. The zero-order valence-corrected chi connectivity index (χ0v) is 14.0. The molecule has 0 heterocycles. The van der Waals surface area contributed by atoms with Gasteiger partial charge >= 0.3 is 11.9 Å². The van der Waals surface area contributed by atoms with Crippen molar-refractivity contribution in [3.8, 4) is 0 Å². The first kappa shape index (κ1) is 18.2. The molecule has 0 saturated carbocycles. The molecule has 0 saturated heterocycles. The van der Waals surface area contributed by atoms with Gasteiger partial charge in [-0.1, -0.05) is 42.5 Å². The van der Waals surface area contributed by atoms with Crippen molar-refractivity contribution in [3.63, 3.8) is 0 Å². The molecule has 0 spiro atoms. The third-order valence-electron chi connectivity index (χ3n) is 3.92. The van der Waals surface area contributed by atoms with Gasteiger partial charge < -0.3 is 10.2 Å². The van der Waals surface area contributed by atoms with Crippen molar-refractivity contribution in [2.45, 2.75) is 26.3 Å². The second-order valence-corrected chi connectivity index (χ2v) is 5.72. The molecule has 2 aromatic rings. The smallest absolute Gasteiger partial charge is 0.337 e. The second kappa shape index (κ2) is 7.61. The molecule has 1 atom stereocenters. The van der Waals surface area contributed by atoms with Crippen molar-refractivity contribution in [2.75, 3.05) is 4.90 Å². The number of para-hydroxylation sites is 1. The summed E-state index contributed by atoms with van der Waals surface area (Å²) in [5.41, 5.74) is 1.26.